The molecule has 7 heteroatoms. The van der Waals surface area contributed by atoms with E-state index in [2.05, 4.69) is 5.10 Å². The van der Waals surface area contributed by atoms with Crippen molar-refractivity contribution in [2.24, 2.45) is 5.10 Å². The van der Waals surface area contributed by atoms with Crippen molar-refractivity contribution < 1.29 is 14.3 Å². The van der Waals surface area contributed by atoms with E-state index in [0.29, 0.717) is 11.3 Å². The zero-order chi connectivity index (χ0) is 21.8. The van der Waals surface area contributed by atoms with Gasteiger partial charge in [0.1, 0.15) is 12.3 Å². The summed E-state index contributed by atoms with van der Waals surface area (Å²) < 4.78 is 5.34. The molecule has 0 saturated carbocycles. The summed E-state index contributed by atoms with van der Waals surface area (Å²) in [6, 6.07) is 20.9. The lowest BCUT2D eigenvalue weighted by atomic mass is 9.98. The molecule has 1 aromatic heterocycles. The number of carbonyl (C=O) groups excluding carboxylic acids is 2. The quantitative estimate of drug-likeness (QED) is 0.585. The van der Waals surface area contributed by atoms with Crippen LogP contribution in [0.3, 0.4) is 0 Å². The molecule has 4 rings (SSSR count). The van der Waals surface area contributed by atoms with Crippen LogP contribution in [-0.2, 0) is 4.79 Å². The molecule has 1 atom stereocenters. The molecule has 2 heterocycles. The molecule has 1 aliphatic heterocycles. The summed E-state index contributed by atoms with van der Waals surface area (Å²) in [5, 5.41) is 8.04. The van der Waals surface area contributed by atoms with Crippen LogP contribution in [0.5, 0.6) is 5.75 Å². The van der Waals surface area contributed by atoms with E-state index in [1.165, 1.54) is 21.2 Å². The lowest BCUT2D eigenvalue weighted by Crippen LogP contribution is -2.39. The minimum Gasteiger partial charge on any atom is -0.497 e. The Morgan fingerprint density at radius 2 is 1.94 bits per heavy atom. The van der Waals surface area contributed by atoms with Crippen LogP contribution in [0, 0.1) is 0 Å². The van der Waals surface area contributed by atoms with Gasteiger partial charge in [0.2, 0.25) is 0 Å². The number of hydrogen-bond acceptors (Lipinski definition) is 5. The van der Waals surface area contributed by atoms with Gasteiger partial charge in [-0.1, -0.05) is 48.5 Å². The number of rotatable bonds is 6. The van der Waals surface area contributed by atoms with Crippen molar-refractivity contribution in [1.82, 2.24) is 9.91 Å². The monoisotopic (exact) mass is 433 g/mol. The van der Waals surface area contributed by atoms with Gasteiger partial charge >= 0.3 is 0 Å². The molecule has 1 aliphatic rings. The Balaban J connectivity index is 1.60. The van der Waals surface area contributed by atoms with E-state index in [-0.39, 0.29) is 24.4 Å². The number of likely N-dealkylation sites (N-methyl/N-ethyl adjacent to an activating group) is 1. The number of thiophene rings is 1. The number of hydrogen-bond donors (Lipinski definition) is 0. The van der Waals surface area contributed by atoms with E-state index in [9.17, 15) is 9.59 Å². The molecule has 0 bridgehead atoms. The first-order chi connectivity index (χ1) is 15.1. The topological polar surface area (TPSA) is 62.2 Å². The van der Waals surface area contributed by atoms with E-state index in [1.54, 1.807) is 20.2 Å². The first kappa shape index (κ1) is 20.8. The lowest BCUT2D eigenvalue weighted by molar-refractivity contribution is -0.133. The molecule has 158 valence electrons. The van der Waals surface area contributed by atoms with Crippen molar-refractivity contribution in [3.63, 3.8) is 0 Å². The second kappa shape index (κ2) is 9.14. The molecule has 2 aromatic carbocycles. The van der Waals surface area contributed by atoms with Crippen molar-refractivity contribution in [1.29, 1.82) is 0 Å². The fourth-order valence-corrected chi connectivity index (χ4v) is 4.31. The highest BCUT2D eigenvalue weighted by atomic mass is 32.1. The van der Waals surface area contributed by atoms with E-state index in [4.69, 9.17) is 4.74 Å². The van der Waals surface area contributed by atoms with Gasteiger partial charge in [-0.05, 0) is 29.1 Å². The SMILES string of the molecule is COc1cccc(C2=NN(C(=O)CN(C)C(=O)c3cccs3)[C@@H](c3ccccc3)C2)c1. The molecule has 6 nitrogen and oxygen atoms in total. The van der Waals surface area contributed by atoms with Gasteiger partial charge in [0.15, 0.2) is 0 Å². The van der Waals surface area contributed by atoms with Crippen molar-refractivity contribution in [3.8, 4) is 5.75 Å². The molecule has 0 saturated heterocycles. The van der Waals surface area contributed by atoms with Crippen molar-refractivity contribution in [2.45, 2.75) is 12.5 Å². The molecule has 0 spiro atoms. The number of ether oxygens (including phenoxy) is 1. The Morgan fingerprint density at radius 3 is 2.65 bits per heavy atom. The highest BCUT2D eigenvalue weighted by Gasteiger charge is 2.34. The third-order valence-electron chi connectivity index (χ3n) is 5.20. The average Bonchev–Trinajstić information content (AvgIpc) is 3.49. The normalized spacial score (nSPS) is 15.5. The molecular weight excluding hydrogens is 410 g/mol. The Bertz CT molecular complexity index is 1100. The van der Waals surface area contributed by atoms with Crippen LogP contribution >= 0.6 is 11.3 Å². The number of amides is 2. The molecule has 0 N–H and O–H groups in total. The van der Waals surface area contributed by atoms with Gasteiger partial charge in [-0.15, -0.1) is 11.3 Å². The average molecular weight is 434 g/mol. The maximum absolute atomic E-state index is 13.2. The predicted molar refractivity (Wildman–Crippen MR) is 121 cm³/mol. The number of nitrogens with zero attached hydrogens (tertiary/aromatic N) is 3. The van der Waals surface area contributed by atoms with Crippen molar-refractivity contribution >= 4 is 28.9 Å². The van der Waals surface area contributed by atoms with E-state index in [0.717, 1.165) is 22.6 Å². The highest BCUT2D eigenvalue weighted by molar-refractivity contribution is 7.12. The summed E-state index contributed by atoms with van der Waals surface area (Å²) in [5.74, 6) is 0.345. The molecule has 31 heavy (non-hydrogen) atoms. The second-order valence-corrected chi connectivity index (χ2v) is 8.23. The number of carbonyl (C=O) groups is 2. The number of hydrazone groups is 1. The first-order valence-electron chi connectivity index (χ1n) is 9.94. The highest BCUT2D eigenvalue weighted by Crippen LogP contribution is 2.33. The molecule has 0 aliphatic carbocycles. The van der Waals surface area contributed by atoms with Gasteiger partial charge < -0.3 is 9.64 Å². The first-order valence-corrected chi connectivity index (χ1v) is 10.8. The summed E-state index contributed by atoms with van der Waals surface area (Å²) in [6.45, 7) is -0.0467. The third kappa shape index (κ3) is 4.51. The van der Waals surface area contributed by atoms with E-state index >= 15 is 0 Å². The summed E-state index contributed by atoms with van der Waals surface area (Å²) in [5.41, 5.74) is 2.73. The van der Waals surface area contributed by atoms with Gasteiger partial charge in [0, 0.05) is 19.0 Å². The number of benzene rings is 2. The third-order valence-corrected chi connectivity index (χ3v) is 6.06. The molecular formula is C24H23N3O3S. The van der Waals surface area contributed by atoms with E-state index in [1.807, 2.05) is 66.0 Å². The van der Waals surface area contributed by atoms with Gasteiger partial charge in [0.25, 0.3) is 11.8 Å². The van der Waals surface area contributed by atoms with Gasteiger partial charge in [-0.3, -0.25) is 9.59 Å². The second-order valence-electron chi connectivity index (χ2n) is 7.29. The van der Waals surface area contributed by atoms with Crippen LogP contribution in [-0.4, -0.2) is 48.1 Å². The largest absolute Gasteiger partial charge is 0.497 e. The van der Waals surface area contributed by atoms with Gasteiger partial charge in [0.05, 0.1) is 23.7 Å². The van der Waals surface area contributed by atoms with Gasteiger partial charge in [-0.2, -0.15) is 5.10 Å². The molecule has 0 unspecified atom stereocenters. The summed E-state index contributed by atoms with van der Waals surface area (Å²) in [4.78, 5) is 27.8. The summed E-state index contributed by atoms with van der Waals surface area (Å²) in [6.07, 6.45) is 0.589. The zero-order valence-corrected chi connectivity index (χ0v) is 18.2. The molecule has 2 amide bonds. The standard InChI is InChI=1S/C24H23N3O3S/c1-26(24(29)22-12-7-13-31-22)16-23(28)27-21(17-8-4-3-5-9-17)15-20(25-27)18-10-6-11-19(14-18)30-2/h3-14,21H,15-16H2,1-2H3/t21-/m1/s1. The van der Waals surface area contributed by atoms with Crippen LogP contribution in [0.15, 0.2) is 77.2 Å². The summed E-state index contributed by atoms with van der Waals surface area (Å²) in [7, 11) is 3.26. The van der Waals surface area contributed by atoms with E-state index < -0.39 is 0 Å². The molecule has 0 radical (unpaired) electrons. The van der Waals surface area contributed by atoms with Crippen LogP contribution in [0.1, 0.15) is 33.3 Å². The lowest BCUT2D eigenvalue weighted by Gasteiger charge is -2.24. The van der Waals surface area contributed by atoms with Crippen LogP contribution in [0.25, 0.3) is 0 Å². The minimum absolute atomic E-state index is 0.0467. The number of methoxy groups -OCH3 is 1. The Morgan fingerprint density at radius 1 is 1.13 bits per heavy atom. The fraction of sp³-hybridized carbons (Fsp3) is 0.208. The molecule has 3 aromatic rings. The Kier molecular flexibility index (Phi) is 6.13. The zero-order valence-electron chi connectivity index (χ0n) is 17.4. The Labute approximate surface area is 185 Å². The maximum atomic E-state index is 13.2. The van der Waals surface area contributed by atoms with Crippen LogP contribution < -0.4 is 4.74 Å². The summed E-state index contributed by atoms with van der Waals surface area (Å²) >= 11 is 1.36. The smallest absolute Gasteiger partial charge is 0.264 e. The fourth-order valence-electron chi connectivity index (χ4n) is 3.59. The maximum Gasteiger partial charge on any atom is 0.264 e. The predicted octanol–water partition coefficient (Wildman–Crippen LogP) is 4.21. The van der Waals surface area contributed by atoms with Crippen molar-refractivity contribution in [2.75, 3.05) is 20.7 Å². The minimum atomic E-state index is -0.223. The van der Waals surface area contributed by atoms with Crippen LogP contribution in [0.2, 0.25) is 0 Å². The van der Waals surface area contributed by atoms with Gasteiger partial charge in [-0.25, -0.2) is 5.01 Å². The van der Waals surface area contributed by atoms with Crippen LogP contribution in [0.4, 0.5) is 0 Å². The Hall–Kier alpha value is -3.45. The van der Waals surface area contributed by atoms with Crippen molar-refractivity contribution in [3.05, 3.63) is 88.1 Å². The molecule has 0 fully saturated rings.